The van der Waals surface area contributed by atoms with Gasteiger partial charge in [-0.2, -0.15) is 0 Å². The smallest absolute Gasteiger partial charge is 0.310 e. The summed E-state index contributed by atoms with van der Waals surface area (Å²) in [4.78, 5) is 23.0. The van der Waals surface area contributed by atoms with E-state index in [0.717, 1.165) is 10.8 Å². The van der Waals surface area contributed by atoms with Crippen LogP contribution in [0.4, 0.5) is 5.69 Å². The van der Waals surface area contributed by atoms with Gasteiger partial charge in [0.05, 0.1) is 22.9 Å². The summed E-state index contributed by atoms with van der Waals surface area (Å²) in [5.41, 5.74) is 0.173. The van der Waals surface area contributed by atoms with Crippen molar-refractivity contribution in [2.45, 2.75) is 0 Å². The monoisotopic (exact) mass is 367 g/mol. The minimum Gasteiger partial charge on any atom is -0.539 e. The number of aromatic nitrogens is 2. The van der Waals surface area contributed by atoms with E-state index in [1.807, 2.05) is 0 Å². The molecule has 0 amide bonds. The number of hydrogen-bond acceptors (Lipinski definition) is 7. The van der Waals surface area contributed by atoms with Crippen molar-refractivity contribution in [2.24, 2.45) is 0 Å². The molecular formula is C18H13N3O6. The molecule has 0 aliphatic heterocycles. The predicted molar refractivity (Wildman–Crippen MR) is 90.5 cm³/mol. The molecule has 0 atom stereocenters. The average molecular weight is 367 g/mol. The fourth-order valence-electron chi connectivity index (χ4n) is 2.39. The molecule has 27 heavy (non-hydrogen) atoms. The van der Waals surface area contributed by atoms with Crippen LogP contribution in [-0.2, 0) is 0 Å². The van der Waals surface area contributed by atoms with Crippen LogP contribution in [0, 0.1) is 10.1 Å². The summed E-state index contributed by atoms with van der Waals surface area (Å²) in [6.45, 7) is 0. The van der Waals surface area contributed by atoms with E-state index in [0.29, 0.717) is 11.4 Å². The molecule has 0 fully saturated rings. The maximum absolute atomic E-state index is 12.5. The van der Waals surface area contributed by atoms with Crippen molar-refractivity contribution in [2.75, 3.05) is 7.11 Å². The summed E-state index contributed by atoms with van der Waals surface area (Å²) in [6, 6.07) is 12.4. The standard InChI is InChI=1S/C18H13N3O6/c1-26-14-9-7-13(8-10-14)20-17(18(23)27-19-20)16(22)11-6-12-4-2-3-5-15(12)21(24)25/h2-11H,1H3/b11-6+. The van der Waals surface area contributed by atoms with E-state index < -0.39 is 16.7 Å². The van der Waals surface area contributed by atoms with Gasteiger partial charge in [-0.05, 0) is 35.0 Å². The molecular weight excluding hydrogens is 354 g/mol. The van der Waals surface area contributed by atoms with E-state index in [1.54, 1.807) is 30.3 Å². The Bertz CT molecular complexity index is 1020. The van der Waals surface area contributed by atoms with E-state index in [4.69, 9.17) is 4.74 Å². The molecule has 0 spiro atoms. The highest BCUT2D eigenvalue weighted by Gasteiger charge is 2.26. The molecule has 9 heteroatoms. The summed E-state index contributed by atoms with van der Waals surface area (Å²) < 4.78 is 10.7. The summed E-state index contributed by atoms with van der Waals surface area (Å²) in [5.74, 6) is -1.02. The number of rotatable bonds is 6. The Hall–Kier alpha value is -4.01. The third-order valence-electron chi connectivity index (χ3n) is 3.71. The lowest BCUT2D eigenvalue weighted by Crippen LogP contribution is -2.38. The van der Waals surface area contributed by atoms with Crippen molar-refractivity contribution < 1.29 is 28.8 Å². The van der Waals surface area contributed by atoms with E-state index in [9.17, 15) is 20.0 Å². The molecule has 3 rings (SSSR count). The molecule has 0 radical (unpaired) electrons. The number of carbonyl (C=O) groups excluding carboxylic acids is 1. The van der Waals surface area contributed by atoms with Crippen LogP contribution in [-0.4, -0.2) is 23.1 Å². The number of hydrogen-bond donors (Lipinski definition) is 0. The van der Waals surface area contributed by atoms with Gasteiger partial charge in [0.2, 0.25) is 5.69 Å². The van der Waals surface area contributed by atoms with Crippen molar-refractivity contribution in [1.29, 1.82) is 0 Å². The lowest BCUT2D eigenvalue weighted by molar-refractivity contribution is -0.672. The van der Waals surface area contributed by atoms with E-state index >= 15 is 0 Å². The molecule has 1 heterocycles. The summed E-state index contributed by atoms with van der Waals surface area (Å²) >= 11 is 0. The van der Waals surface area contributed by atoms with Crippen molar-refractivity contribution >= 4 is 17.5 Å². The second-order valence-electron chi connectivity index (χ2n) is 5.33. The minimum absolute atomic E-state index is 0.155. The average Bonchev–Trinajstić information content (AvgIpc) is 3.07. The number of nitro benzene ring substituents is 1. The van der Waals surface area contributed by atoms with E-state index in [-0.39, 0.29) is 16.9 Å². The molecule has 1 aromatic heterocycles. The molecule has 0 aliphatic rings. The van der Waals surface area contributed by atoms with Crippen LogP contribution in [0.15, 0.2) is 59.1 Å². The second kappa shape index (κ2) is 7.48. The molecule has 0 N–H and O–H groups in total. The van der Waals surface area contributed by atoms with Gasteiger partial charge in [0.25, 0.3) is 11.5 Å². The van der Waals surface area contributed by atoms with Crippen LogP contribution in [0.25, 0.3) is 11.8 Å². The zero-order valence-corrected chi connectivity index (χ0v) is 14.1. The fourth-order valence-corrected chi connectivity index (χ4v) is 2.39. The van der Waals surface area contributed by atoms with Gasteiger partial charge in [0.15, 0.2) is 5.95 Å². The molecule has 0 aliphatic carbocycles. The number of allylic oxidation sites excluding steroid dienone is 1. The molecule has 0 saturated carbocycles. The van der Waals surface area contributed by atoms with Crippen molar-refractivity contribution in [3.63, 3.8) is 0 Å². The van der Waals surface area contributed by atoms with Crippen LogP contribution in [0.3, 0.4) is 0 Å². The Morgan fingerprint density at radius 1 is 1.22 bits per heavy atom. The normalized spacial score (nSPS) is 10.9. The lowest BCUT2D eigenvalue weighted by atomic mass is 10.1. The van der Waals surface area contributed by atoms with Crippen molar-refractivity contribution in [3.05, 3.63) is 76.0 Å². The predicted octanol–water partition coefficient (Wildman–Crippen LogP) is 1.84. The first-order chi connectivity index (χ1) is 13.0. The number of carbonyl (C=O) groups is 1. The van der Waals surface area contributed by atoms with Crippen LogP contribution in [0.2, 0.25) is 0 Å². The first-order valence-electron chi connectivity index (χ1n) is 7.70. The number of nitrogens with zero attached hydrogens (tertiary/aromatic N) is 3. The number of nitro groups is 1. The third kappa shape index (κ3) is 3.66. The van der Waals surface area contributed by atoms with Crippen molar-refractivity contribution in [3.8, 4) is 17.4 Å². The number of para-hydroxylation sites is 1. The van der Waals surface area contributed by atoms with Gasteiger partial charge in [-0.3, -0.25) is 14.9 Å². The molecule has 0 saturated heterocycles. The van der Waals surface area contributed by atoms with Gasteiger partial charge in [0.1, 0.15) is 5.75 Å². The summed E-state index contributed by atoms with van der Waals surface area (Å²) in [6.07, 6.45) is 2.33. The summed E-state index contributed by atoms with van der Waals surface area (Å²) in [7, 11) is 1.51. The van der Waals surface area contributed by atoms with Gasteiger partial charge in [-0.25, -0.2) is 0 Å². The largest absolute Gasteiger partial charge is 0.539 e. The molecule has 9 nitrogen and oxygen atoms in total. The lowest BCUT2D eigenvalue weighted by Gasteiger charge is -1.98. The van der Waals surface area contributed by atoms with E-state index in [2.05, 4.69) is 9.79 Å². The zero-order chi connectivity index (χ0) is 19.4. The van der Waals surface area contributed by atoms with E-state index in [1.165, 1.54) is 31.4 Å². The third-order valence-corrected chi connectivity index (χ3v) is 3.71. The summed E-state index contributed by atoms with van der Waals surface area (Å²) in [5, 5.41) is 26.6. The first kappa shape index (κ1) is 17.8. The molecule has 2 aromatic carbocycles. The van der Waals surface area contributed by atoms with Crippen LogP contribution in [0.5, 0.6) is 11.7 Å². The SMILES string of the molecule is COc1ccc(-[n+]2noc([O-])c2C(=O)/C=C/c2ccccc2[N+](=O)[O-])cc1. The topological polar surface area (TPSA) is 122 Å². The van der Waals surface area contributed by atoms with Gasteiger partial charge >= 0.3 is 5.69 Å². The number of methoxy groups -OCH3 is 1. The fraction of sp³-hybridized carbons (Fsp3) is 0.0556. The van der Waals surface area contributed by atoms with Gasteiger partial charge < -0.3 is 14.4 Å². The second-order valence-corrected chi connectivity index (χ2v) is 5.33. The minimum atomic E-state index is -0.914. The molecule has 0 bridgehead atoms. The highest BCUT2D eigenvalue weighted by atomic mass is 16.6. The van der Waals surface area contributed by atoms with Gasteiger partial charge in [-0.1, -0.05) is 12.1 Å². The Balaban J connectivity index is 1.94. The van der Waals surface area contributed by atoms with Crippen LogP contribution in [0.1, 0.15) is 16.1 Å². The highest BCUT2D eigenvalue weighted by Crippen LogP contribution is 2.20. The molecule has 0 unspecified atom stereocenters. The van der Waals surface area contributed by atoms with Crippen molar-refractivity contribution in [1.82, 2.24) is 5.27 Å². The Labute approximate surface area is 152 Å². The maximum atomic E-state index is 12.5. The number of ether oxygens (including phenoxy) is 1. The Kier molecular flexibility index (Phi) is 4.93. The Morgan fingerprint density at radius 3 is 2.59 bits per heavy atom. The van der Waals surface area contributed by atoms with Gasteiger partial charge in [-0.15, -0.1) is 0 Å². The molecule has 3 aromatic rings. The quantitative estimate of drug-likeness (QED) is 0.214. The Morgan fingerprint density at radius 2 is 1.93 bits per heavy atom. The van der Waals surface area contributed by atoms with Gasteiger partial charge in [0, 0.05) is 18.2 Å². The number of ketones is 1. The zero-order valence-electron chi connectivity index (χ0n) is 14.1. The highest BCUT2D eigenvalue weighted by molar-refractivity contribution is 6.05. The molecule has 136 valence electrons. The van der Waals surface area contributed by atoms with Crippen LogP contribution < -0.4 is 14.5 Å². The number of benzene rings is 2. The first-order valence-corrected chi connectivity index (χ1v) is 7.70. The van der Waals surface area contributed by atoms with Crippen LogP contribution >= 0.6 is 0 Å². The maximum Gasteiger partial charge on any atom is 0.310 e.